The number of thiophene rings is 1. The fourth-order valence-corrected chi connectivity index (χ4v) is 2.63. The molecule has 0 aliphatic rings. The molecule has 1 unspecified atom stereocenters. The molecular formula is C15H19ClN2O5S. The largest absolute Gasteiger partial charge is 0.453 e. The van der Waals surface area contributed by atoms with E-state index < -0.39 is 24.0 Å². The fraction of sp³-hybridized carbons (Fsp3) is 0.467. The highest BCUT2D eigenvalue weighted by molar-refractivity contribution is 7.18. The van der Waals surface area contributed by atoms with E-state index in [1.807, 2.05) is 0 Å². The van der Waals surface area contributed by atoms with E-state index in [2.05, 4.69) is 10.6 Å². The van der Waals surface area contributed by atoms with Crippen molar-refractivity contribution >= 4 is 46.6 Å². The number of rotatable bonds is 7. The lowest BCUT2D eigenvalue weighted by Crippen LogP contribution is -2.46. The molecule has 9 heteroatoms. The van der Waals surface area contributed by atoms with Gasteiger partial charge in [-0.2, -0.15) is 0 Å². The second kappa shape index (κ2) is 9.39. The van der Waals surface area contributed by atoms with Crippen molar-refractivity contribution in [1.82, 2.24) is 10.6 Å². The van der Waals surface area contributed by atoms with E-state index in [-0.39, 0.29) is 24.7 Å². The summed E-state index contributed by atoms with van der Waals surface area (Å²) in [4.78, 5) is 47.1. The summed E-state index contributed by atoms with van der Waals surface area (Å²) in [6.07, 6.45) is -1.34. The van der Waals surface area contributed by atoms with E-state index in [4.69, 9.17) is 16.3 Å². The van der Waals surface area contributed by atoms with Crippen LogP contribution in [0.15, 0.2) is 12.1 Å². The molecule has 3 amide bonds. The minimum Gasteiger partial charge on any atom is -0.453 e. The average Bonchev–Trinajstić information content (AvgIpc) is 2.90. The number of carbonyl (C=O) groups excluding carboxylic acids is 4. The normalized spacial score (nSPS) is 11.7. The molecule has 0 fully saturated rings. The number of halogens is 1. The van der Waals surface area contributed by atoms with Crippen molar-refractivity contribution in [3.8, 4) is 0 Å². The Kier molecular flexibility index (Phi) is 7.87. The first kappa shape index (κ1) is 20.1. The number of hydrogen-bond acceptors (Lipinski definition) is 6. The van der Waals surface area contributed by atoms with Gasteiger partial charge in [0, 0.05) is 12.5 Å². The van der Waals surface area contributed by atoms with Gasteiger partial charge < -0.3 is 10.1 Å². The maximum Gasteiger partial charge on any atom is 0.321 e. The van der Waals surface area contributed by atoms with Gasteiger partial charge >= 0.3 is 12.0 Å². The highest BCUT2D eigenvalue weighted by Crippen LogP contribution is 2.22. The van der Waals surface area contributed by atoms with Crippen molar-refractivity contribution in [3.05, 3.63) is 21.3 Å². The molecule has 1 aromatic heterocycles. The molecule has 0 aliphatic carbocycles. The first-order valence-electron chi connectivity index (χ1n) is 7.28. The van der Waals surface area contributed by atoms with Crippen LogP contribution in [0.1, 0.15) is 43.3 Å². The monoisotopic (exact) mass is 374 g/mol. The smallest absolute Gasteiger partial charge is 0.321 e. The summed E-state index contributed by atoms with van der Waals surface area (Å²) in [6.45, 7) is 4.83. The Hall–Kier alpha value is -1.93. The Balaban J connectivity index is 2.37. The van der Waals surface area contributed by atoms with Gasteiger partial charge in [-0.1, -0.05) is 11.6 Å². The number of Topliss-reactive ketones (excluding diaryl/α,β-unsaturated/α-hetero) is 1. The summed E-state index contributed by atoms with van der Waals surface area (Å²) in [6, 6.07) is 2.39. The topological polar surface area (TPSA) is 102 Å². The number of hydrogen-bond donors (Lipinski definition) is 2. The van der Waals surface area contributed by atoms with Crippen LogP contribution >= 0.6 is 22.9 Å². The van der Waals surface area contributed by atoms with Crippen molar-refractivity contribution in [3.63, 3.8) is 0 Å². The van der Waals surface area contributed by atoms with E-state index >= 15 is 0 Å². The lowest BCUT2D eigenvalue weighted by molar-refractivity contribution is -0.154. The third-order valence-electron chi connectivity index (χ3n) is 2.74. The number of ether oxygens (including phenoxy) is 1. The maximum absolute atomic E-state index is 11.8. The molecule has 1 aromatic rings. The van der Waals surface area contributed by atoms with Gasteiger partial charge in [0.1, 0.15) is 0 Å². The zero-order valence-corrected chi connectivity index (χ0v) is 15.1. The summed E-state index contributed by atoms with van der Waals surface area (Å²) in [5.74, 6) is -1.66. The minimum atomic E-state index is -1.14. The van der Waals surface area contributed by atoms with Crippen LogP contribution in [0.25, 0.3) is 0 Å². The zero-order valence-electron chi connectivity index (χ0n) is 13.6. The van der Waals surface area contributed by atoms with E-state index in [1.54, 1.807) is 26.0 Å². The summed E-state index contributed by atoms with van der Waals surface area (Å²) in [5.41, 5.74) is 0. The molecule has 132 valence electrons. The van der Waals surface area contributed by atoms with Crippen LogP contribution in [0.5, 0.6) is 0 Å². The highest BCUT2D eigenvalue weighted by atomic mass is 35.5. The zero-order chi connectivity index (χ0) is 18.3. The molecule has 0 spiro atoms. The van der Waals surface area contributed by atoms with Crippen LogP contribution in [0.2, 0.25) is 4.34 Å². The van der Waals surface area contributed by atoms with Gasteiger partial charge in [-0.15, -0.1) is 11.3 Å². The molecule has 0 saturated heterocycles. The lowest BCUT2D eigenvalue weighted by atomic mass is 10.2. The number of urea groups is 1. The molecule has 0 radical (unpaired) electrons. The van der Waals surface area contributed by atoms with Crippen molar-refractivity contribution in [2.24, 2.45) is 0 Å². The number of ketones is 1. The number of amides is 3. The second-order valence-electron chi connectivity index (χ2n) is 5.28. The van der Waals surface area contributed by atoms with E-state index in [0.717, 1.165) is 11.3 Å². The molecule has 0 aromatic carbocycles. The fourth-order valence-electron chi connectivity index (χ4n) is 1.62. The number of nitrogens with one attached hydrogen (secondary N) is 2. The Bertz CT molecular complexity index is 629. The van der Waals surface area contributed by atoms with Crippen LogP contribution in [0.3, 0.4) is 0 Å². The highest BCUT2D eigenvalue weighted by Gasteiger charge is 2.21. The summed E-state index contributed by atoms with van der Waals surface area (Å²) in [5, 5.41) is 4.54. The van der Waals surface area contributed by atoms with Crippen LogP contribution < -0.4 is 10.6 Å². The standard InChI is InChI=1S/C15H19ClN2O5S/c1-8(2)17-15(22)18-14(21)9(3)23-13(20)7-4-10(19)11-5-6-12(16)24-11/h5-6,8-9H,4,7H2,1-3H3,(H2,17,18,21,22). The minimum absolute atomic E-state index is 0.0438. The van der Waals surface area contributed by atoms with Crippen molar-refractivity contribution < 1.29 is 23.9 Å². The molecule has 1 rings (SSSR count). The molecular weight excluding hydrogens is 356 g/mol. The number of carbonyl (C=O) groups is 4. The summed E-state index contributed by atoms with van der Waals surface area (Å²) < 4.78 is 5.40. The van der Waals surface area contributed by atoms with Gasteiger partial charge in [0.15, 0.2) is 11.9 Å². The Morgan fingerprint density at radius 1 is 1.17 bits per heavy atom. The molecule has 7 nitrogen and oxygen atoms in total. The van der Waals surface area contributed by atoms with Crippen LogP contribution in [0, 0.1) is 0 Å². The van der Waals surface area contributed by atoms with Crippen molar-refractivity contribution in [1.29, 1.82) is 0 Å². The Morgan fingerprint density at radius 2 is 1.83 bits per heavy atom. The van der Waals surface area contributed by atoms with Crippen LogP contribution in [-0.4, -0.2) is 35.8 Å². The average molecular weight is 375 g/mol. The van der Waals surface area contributed by atoms with Crippen molar-refractivity contribution in [2.75, 3.05) is 0 Å². The van der Waals surface area contributed by atoms with Gasteiger partial charge in [-0.25, -0.2) is 4.79 Å². The van der Waals surface area contributed by atoms with Gasteiger partial charge in [0.25, 0.3) is 5.91 Å². The quantitative estimate of drug-likeness (QED) is 0.564. The van der Waals surface area contributed by atoms with Gasteiger partial charge in [0.05, 0.1) is 15.6 Å². The lowest BCUT2D eigenvalue weighted by Gasteiger charge is -2.14. The maximum atomic E-state index is 11.8. The first-order valence-corrected chi connectivity index (χ1v) is 8.48. The third-order valence-corrected chi connectivity index (χ3v) is 4.01. The number of esters is 1. The second-order valence-corrected chi connectivity index (χ2v) is 6.99. The molecule has 0 bridgehead atoms. The van der Waals surface area contributed by atoms with Crippen LogP contribution in [-0.2, 0) is 14.3 Å². The summed E-state index contributed by atoms with van der Waals surface area (Å²) in [7, 11) is 0. The molecule has 0 saturated carbocycles. The molecule has 1 heterocycles. The SMILES string of the molecule is CC(C)NC(=O)NC(=O)C(C)OC(=O)CCC(=O)c1ccc(Cl)s1. The van der Waals surface area contributed by atoms with E-state index in [1.165, 1.54) is 6.92 Å². The van der Waals surface area contributed by atoms with Gasteiger partial charge in [-0.3, -0.25) is 19.7 Å². The third kappa shape index (κ3) is 7.10. The predicted molar refractivity (Wildman–Crippen MR) is 90.3 cm³/mol. The van der Waals surface area contributed by atoms with Gasteiger partial charge in [0.2, 0.25) is 0 Å². The number of imide groups is 1. The molecule has 2 N–H and O–H groups in total. The van der Waals surface area contributed by atoms with Crippen LogP contribution in [0.4, 0.5) is 4.79 Å². The van der Waals surface area contributed by atoms with Gasteiger partial charge in [-0.05, 0) is 32.9 Å². The van der Waals surface area contributed by atoms with Crippen molar-refractivity contribution in [2.45, 2.75) is 45.8 Å². The predicted octanol–water partition coefficient (Wildman–Crippen LogP) is 2.53. The molecule has 24 heavy (non-hydrogen) atoms. The Morgan fingerprint density at radius 3 is 2.38 bits per heavy atom. The molecule has 1 atom stereocenters. The Labute approximate surface area is 148 Å². The van der Waals surface area contributed by atoms with E-state index in [9.17, 15) is 19.2 Å². The molecule has 0 aliphatic heterocycles. The summed E-state index contributed by atoms with van der Waals surface area (Å²) >= 11 is 6.87. The first-order chi connectivity index (χ1) is 11.2. The van der Waals surface area contributed by atoms with E-state index in [0.29, 0.717) is 9.21 Å².